The summed E-state index contributed by atoms with van der Waals surface area (Å²) in [6, 6.07) is -0.956. The summed E-state index contributed by atoms with van der Waals surface area (Å²) in [6.07, 6.45) is 3.65. The van der Waals surface area contributed by atoms with Crippen LogP contribution in [0.3, 0.4) is 0 Å². The van der Waals surface area contributed by atoms with Crippen molar-refractivity contribution >= 4 is 11.9 Å². The van der Waals surface area contributed by atoms with Gasteiger partial charge in [0.25, 0.3) is 0 Å². The fourth-order valence-electron chi connectivity index (χ4n) is 2.26. The number of nitrogens with one attached hydrogen (secondary N) is 1. The zero-order valence-corrected chi connectivity index (χ0v) is 10.5. The molecule has 0 heterocycles. The Morgan fingerprint density at radius 2 is 1.88 bits per heavy atom. The van der Waals surface area contributed by atoms with Gasteiger partial charge in [-0.05, 0) is 18.8 Å². The van der Waals surface area contributed by atoms with Gasteiger partial charge < -0.3 is 16.2 Å². The Bertz CT molecular complexity index is 291. The summed E-state index contributed by atoms with van der Waals surface area (Å²) in [7, 11) is 0. The third-order valence-electron chi connectivity index (χ3n) is 3.39. The zero-order valence-electron chi connectivity index (χ0n) is 10.5. The summed E-state index contributed by atoms with van der Waals surface area (Å²) < 4.78 is 0. The number of aliphatic carboxylic acids is 1. The topological polar surface area (TPSA) is 92.4 Å². The number of nitrogens with two attached hydrogens (primary N) is 1. The monoisotopic (exact) mass is 242 g/mol. The first kappa shape index (κ1) is 14.0. The number of carbonyl (C=O) groups excluding carboxylic acids is 1. The highest BCUT2D eigenvalue weighted by Gasteiger charge is 2.32. The Kier molecular flexibility index (Phi) is 4.93. The molecule has 1 saturated carbocycles. The largest absolute Gasteiger partial charge is 0.480 e. The van der Waals surface area contributed by atoms with E-state index in [0.29, 0.717) is 0 Å². The summed E-state index contributed by atoms with van der Waals surface area (Å²) in [5.74, 6) is -1.56. The molecule has 0 spiro atoms. The smallest absolute Gasteiger partial charge is 0.326 e. The number of hydrogen-bond donors (Lipinski definition) is 3. The fraction of sp³-hybridized carbons (Fsp3) is 0.833. The highest BCUT2D eigenvalue weighted by Crippen LogP contribution is 2.23. The second kappa shape index (κ2) is 6.00. The SMILES string of the molecule is CC(C)[C@@H](NC(=O)C1CCCCC1N)C(=O)O. The van der Waals surface area contributed by atoms with Crippen molar-refractivity contribution < 1.29 is 14.7 Å². The molecule has 0 radical (unpaired) electrons. The van der Waals surface area contributed by atoms with Crippen LogP contribution in [0.4, 0.5) is 0 Å². The van der Waals surface area contributed by atoms with Gasteiger partial charge in [0, 0.05) is 6.04 Å². The molecule has 0 aromatic rings. The standard InChI is InChI=1S/C12H22N2O3/c1-7(2)10(12(16)17)14-11(15)8-5-3-4-6-9(8)13/h7-10H,3-6,13H2,1-2H3,(H,14,15)(H,16,17)/t8?,9?,10-/m1/s1. The molecule has 5 heteroatoms. The minimum Gasteiger partial charge on any atom is -0.480 e. The number of carboxylic acid groups (broad SMARTS) is 1. The van der Waals surface area contributed by atoms with Crippen molar-refractivity contribution in [3.63, 3.8) is 0 Å². The molecule has 2 unspecified atom stereocenters. The van der Waals surface area contributed by atoms with Crippen LogP contribution < -0.4 is 11.1 Å². The molecule has 98 valence electrons. The summed E-state index contributed by atoms with van der Waals surface area (Å²) in [6.45, 7) is 3.56. The quantitative estimate of drug-likeness (QED) is 0.677. The van der Waals surface area contributed by atoms with E-state index in [0.717, 1.165) is 25.7 Å². The molecule has 1 aliphatic carbocycles. The maximum absolute atomic E-state index is 12.0. The highest BCUT2D eigenvalue weighted by atomic mass is 16.4. The minimum atomic E-state index is -0.988. The van der Waals surface area contributed by atoms with E-state index in [2.05, 4.69) is 5.32 Å². The molecule has 0 aromatic carbocycles. The van der Waals surface area contributed by atoms with Crippen LogP contribution in [-0.4, -0.2) is 29.1 Å². The van der Waals surface area contributed by atoms with Crippen LogP contribution in [0.15, 0.2) is 0 Å². The van der Waals surface area contributed by atoms with Crippen molar-refractivity contribution in [1.29, 1.82) is 0 Å². The van der Waals surface area contributed by atoms with Crippen molar-refractivity contribution in [3.05, 3.63) is 0 Å². The fourth-order valence-corrected chi connectivity index (χ4v) is 2.26. The lowest BCUT2D eigenvalue weighted by Crippen LogP contribution is -2.50. The van der Waals surface area contributed by atoms with Gasteiger partial charge in [0.2, 0.25) is 5.91 Å². The van der Waals surface area contributed by atoms with Crippen LogP contribution in [0.25, 0.3) is 0 Å². The predicted molar refractivity (Wildman–Crippen MR) is 64.3 cm³/mol. The van der Waals surface area contributed by atoms with E-state index in [1.165, 1.54) is 0 Å². The summed E-state index contributed by atoms with van der Waals surface area (Å²) in [5.41, 5.74) is 5.90. The Morgan fingerprint density at radius 3 is 2.35 bits per heavy atom. The van der Waals surface area contributed by atoms with Gasteiger partial charge in [-0.1, -0.05) is 26.7 Å². The maximum Gasteiger partial charge on any atom is 0.326 e. The number of amides is 1. The van der Waals surface area contributed by atoms with Crippen molar-refractivity contribution in [2.45, 2.75) is 51.6 Å². The number of carbonyl (C=O) groups is 2. The van der Waals surface area contributed by atoms with E-state index in [1.807, 2.05) is 0 Å². The molecule has 5 nitrogen and oxygen atoms in total. The number of carboxylic acids is 1. The molecule has 1 fully saturated rings. The normalized spacial score (nSPS) is 26.6. The Hall–Kier alpha value is -1.10. The summed E-state index contributed by atoms with van der Waals surface area (Å²) >= 11 is 0. The van der Waals surface area contributed by atoms with E-state index in [4.69, 9.17) is 10.8 Å². The van der Waals surface area contributed by atoms with Gasteiger partial charge in [-0.2, -0.15) is 0 Å². The second-order valence-electron chi connectivity index (χ2n) is 5.12. The molecule has 17 heavy (non-hydrogen) atoms. The van der Waals surface area contributed by atoms with Crippen LogP contribution in [0, 0.1) is 11.8 Å². The number of hydrogen-bond acceptors (Lipinski definition) is 3. The van der Waals surface area contributed by atoms with Gasteiger partial charge in [-0.25, -0.2) is 4.79 Å². The van der Waals surface area contributed by atoms with Gasteiger partial charge in [-0.15, -0.1) is 0 Å². The van der Waals surface area contributed by atoms with Crippen LogP contribution in [0.5, 0.6) is 0 Å². The van der Waals surface area contributed by atoms with E-state index in [9.17, 15) is 9.59 Å². The van der Waals surface area contributed by atoms with Gasteiger partial charge >= 0.3 is 5.97 Å². The molecule has 1 amide bonds. The summed E-state index contributed by atoms with van der Waals surface area (Å²) in [5, 5.41) is 11.6. The van der Waals surface area contributed by atoms with Crippen molar-refractivity contribution in [2.24, 2.45) is 17.6 Å². The van der Waals surface area contributed by atoms with E-state index >= 15 is 0 Å². The molecular weight excluding hydrogens is 220 g/mol. The van der Waals surface area contributed by atoms with Gasteiger partial charge in [0.05, 0.1) is 5.92 Å². The average Bonchev–Trinajstić information content (AvgIpc) is 2.25. The lowest BCUT2D eigenvalue weighted by Gasteiger charge is -2.29. The number of rotatable bonds is 4. The van der Waals surface area contributed by atoms with E-state index < -0.39 is 12.0 Å². The molecule has 4 N–H and O–H groups in total. The van der Waals surface area contributed by atoms with E-state index in [-0.39, 0.29) is 23.8 Å². The molecule has 0 aliphatic heterocycles. The van der Waals surface area contributed by atoms with Crippen molar-refractivity contribution in [1.82, 2.24) is 5.32 Å². The predicted octanol–water partition coefficient (Wildman–Crippen LogP) is 0.729. The molecule has 0 aromatic heterocycles. The molecule has 1 rings (SSSR count). The third-order valence-corrected chi connectivity index (χ3v) is 3.39. The van der Waals surface area contributed by atoms with Crippen LogP contribution in [0.2, 0.25) is 0 Å². The third kappa shape index (κ3) is 3.70. The lowest BCUT2D eigenvalue weighted by molar-refractivity contribution is -0.144. The second-order valence-corrected chi connectivity index (χ2v) is 5.12. The molecular formula is C12H22N2O3. The molecule has 0 saturated heterocycles. The first-order valence-corrected chi connectivity index (χ1v) is 6.22. The molecule has 1 aliphatic rings. The minimum absolute atomic E-state index is 0.128. The zero-order chi connectivity index (χ0) is 13.0. The lowest BCUT2D eigenvalue weighted by atomic mass is 9.84. The van der Waals surface area contributed by atoms with Crippen molar-refractivity contribution in [3.8, 4) is 0 Å². The van der Waals surface area contributed by atoms with Gasteiger partial charge in [-0.3, -0.25) is 4.79 Å². The first-order chi connectivity index (χ1) is 7.93. The van der Waals surface area contributed by atoms with Gasteiger partial charge in [0.1, 0.15) is 6.04 Å². The Balaban J connectivity index is 2.60. The van der Waals surface area contributed by atoms with Crippen LogP contribution in [0.1, 0.15) is 39.5 Å². The Labute approximate surface area is 102 Å². The van der Waals surface area contributed by atoms with Gasteiger partial charge in [0.15, 0.2) is 0 Å². The van der Waals surface area contributed by atoms with Crippen molar-refractivity contribution in [2.75, 3.05) is 0 Å². The summed E-state index contributed by atoms with van der Waals surface area (Å²) in [4.78, 5) is 23.0. The molecule has 0 bridgehead atoms. The molecule has 3 atom stereocenters. The first-order valence-electron chi connectivity index (χ1n) is 6.22. The average molecular weight is 242 g/mol. The van der Waals surface area contributed by atoms with E-state index in [1.54, 1.807) is 13.8 Å². The van der Waals surface area contributed by atoms with Crippen LogP contribution in [-0.2, 0) is 9.59 Å². The highest BCUT2D eigenvalue weighted by molar-refractivity contribution is 5.85. The maximum atomic E-state index is 12.0. The Morgan fingerprint density at radius 1 is 1.29 bits per heavy atom. The van der Waals surface area contributed by atoms with Crippen LogP contribution >= 0.6 is 0 Å².